The Morgan fingerprint density at radius 2 is 1.72 bits per heavy atom. The molecule has 0 spiro atoms. The van der Waals surface area contributed by atoms with E-state index in [0.717, 1.165) is 5.57 Å². The quantitative estimate of drug-likeness (QED) is 0.131. The highest BCUT2D eigenvalue weighted by atomic mass is 16.7. The van der Waals surface area contributed by atoms with Gasteiger partial charge < -0.3 is 64.4 Å². The molecule has 0 aromatic carbocycles. The topological polar surface area (TPSA) is 226 Å². The Hall–Kier alpha value is -3.12. The molecule has 18 atom stereocenters. The number of esters is 1. The van der Waals surface area contributed by atoms with E-state index in [-0.39, 0.29) is 36.4 Å². The zero-order valence-electron chi connectivity index (χ0n) is 37.5. The second-order valence-corrected chi connectivity index (χ2v) is 17.3. The van der Waals surface area contributed by atoms with Crippen molar-refractivity contribution in [3.05, 3.63) is 59.4 Å². The van der Waals surface area contributed by atoms with E-state index >= 15 is 0 Å². The number of carbonyl (C=O) groups is 2. The Bertz CT molecular complexity index is 1550. The Balaban J connectivity index is 1.99. The van der Waals surface area contributed by atoms with Crippen molar-refractivity contribution in [1.29, 1.82) is 0 Å². The van der Waals surface area contributed by atoms with Gasteiger partial charge in [0.1, 0.15) is 12.2 Å². The second-order valence-electron chi connectivity index (χ2n) is 17.3. The third kappa shape index (κ3) is 13.2. The van der Waals surface area contributed by atoms with Crippen LogP contribution in [0.3, 0.4) is 0 Å². The van der Waals surface area contributed by atoms with Crippen LogP contribution in [0.2, 0.25) is 0 Å². The van der Waals surface area contributed by atoms with Gasteiger partial charge in [-0.05, 0) is 46.1 Å². The van der Waals surface area contributed by atoms with Crippen LogP contribution < -0.4 is 5.73 Å². The first kappa shape index (κ1) is 51.2. The molecule has 342 valence electrons. The van der Waals surface area contributed by atoms with Gasteiger partial charge in [0.2, 0.25) is 5.76 Å². The molecule has 15 nitrogen and oxygen atoms in total. The van der Waals surface area contributed by atoms with E-state index in [0.29, 0.717) is 12.0 Å². The Labute approximate surface area is 356 Å². The Morgan fingerprint density at radius 3 is 2.30 bits per heavy atom. The van der Waals surface area contributed by atoms with Gasteiger partial charge in [0.25, 0.3) is 0 Å². The third-order valence-electron chi connectivity index (χ3n) is 12.5. The number of ether oxygens (including phenoxy) is 7. The number of rotatable bonds is 10. The number of cyclic esters (lactones) is 1. The second kappa shape index (κ2) is 22.8. The average Bonchev–Trinajstić information content (AvgIpc) is 3.18. The molecule has 2 fully saturated rings. The molecule has 15 heteroatoms. The molecule has 3 rings (SSSR count). The summed E-state index contributed by atoms with van der Waals surface area (Å²) in [5.41, 5.74) is 6.76. The first-order valence-electron chi connectivity index (χ1n) is 21.1. The normalized spacial score (nSPS) is 42.7. The van der Waals surface area contributed by atoms with Crippen molar-refractivity contribution in [2.24, 2.45) is 41.2 Å². The molecule has 3 aliphatic heterocycles. The number of aliphatic hydroxyl groups is 5. The van der Waals surface area contributed by atoms with Crippen LogP contribution in [0.15, 0.2) is 59.4 Å². The molecule has 0 saturated carbocycles. The molecule has 0 aromatic rings. The van der Waals surface area contributed by atoms with Crippen LogP contribution in [0.25, 0.3) is 0 Å². The predicted molar refractivity (Wildman–Crippen MR) is 224 cm³/mol. The minimum absolute atomic E-state index is 0.0314. The number of amides is 1. The molecule has 1 unspecified atom stereocenters. The smallest absolute Gasteiger partial charge is 0.404 e. The molecule has 2 saturated heterocycles. The van der Waals surface area contributed by atoms with E-state index in [1.165, 1.54) is 20.3 Å². The van der Waals surface area contributed by atoms with Crippen LogP contribution in [0, 0.1) is 35.5 Å². The van der Waals surface area contributed by atoms with E-state index in [9.17, 15) is 35.1 Å². The maximum absolute atomic E-state index is 13.9. The summed E-state index contributed by atoms with van der Waals surface area (Å²) in [7, 11) is 2.80. The average molecular weight is 852 g/mol. The minimum atomic E-state index is -1.97. The number of allylic oxidation sites excluding steroid dienone is 6. The van der Waals surface area contributed by atoms with Crippen molar-refractivity contribution in [2.75, 3.05) is 14.2 Å². The van der Waals surface area contributed by atoms with E-state index in [1.807, 2.05) is 47.6 Å². The highest BCUT2D eigenvalue weighted by Gasteiger charge is 2.52. The van der Waals surface area contributed by atoms with Crippen LogP contribution in [-0.4, -0.2) is 125 Å². The molecular weight excluding hydrogens is 778 g/mol. The lowest BCUT2D eigenvalue weighted by molar-refractivity contribution is -0.338. The van der Waals surface area contributed by atoms with Crippen molar-refractivity contribution < 1.29 is 68.3 Å². The predicted octanol–water partition coefficient (Wildman–Crippen LogP) is 4.59. The van der Waals surface area contributed by atoms with Crippen molar-refractivity contribution >= 4 is 12.1 Å². The van der Waals surface area contributed by atoms with E-state index in [1.54, 1.807) is 58.1 Å². The highest BCUT2D eigenvalue weighted by Crippen LogP contribution is 2.42. The third-order valence-corrected chi connectivity index (χ3v) is 12.5. The molecule has 0 radical (unpaired) electrons. The fraction of sp³-hybridized carbons (Fsp3) is 0.733. The largest absolute Gasteiger partial charge is 0.490 e. The summed E-state index contributed by atoms with van der Waals surface area (Å²) in [6.45, 7) is 18.0. The standard InChI is InChI=1S/C45H73NO14/c1-13-15-33-27(6)36(57-37-21-32(47)42(31(10)56-37)59-44(46)52)22-45(53,60-33)30(9)40(50)29(8)41-34(54-11)17-14-16-23(2)18-25(4)38(48)28(7)39(49)26(5)19-24(3)20-35(55-12)43(51)58-41/h13-17,19-20,25-34,36-42,47-50,53H,18,21-22H2,1-12H3,(H2,46,52)/b15-13+,17-14+,23-16+,24-19+,35-20-/t25-,26-,27-,28?,29+,30+,31-,32-,33-,34+,36-,37+,38-,39+,40-,41-,42-,45-/m1/s1. The lowest BCUT2D eigenvalue weighted by atomic mass is 9.77. The zero-order valence-corrected chi connectivity index (χ0v) is 37.5. The molecule has 3 aliphatic rings. The van der Waals surface area contributed by atoms with Crippen LogP contribution in [-0.2, 0) is 38.0 Å². The SMILES string of the molecule is C/C=C/[C@H]1O[C@@](O)([C@@H](C)[C@H](O)[C@H](C)[C@H]2OC(=O)/C(OC)=C/C(C)=C/[C@@H](C)[C@H](O)C(C)[C@H](O)[C@H](C)C/C(C)=C/C=C/[C@@H]2OC)C[C@@H](O[C@H]2C[C@@H](O)[C@H](OC(N)=O)[C@@H](C)O2)[C@@H]1C. The molecule has 3 heterocycles. The number of hydrogen-bond acceptors (Lipinski definition) is 14. The van der Waals surface area contributed by atoms with Crippen LogP contribution in [0.1, 0.15) is 88.5 Å². The zero-order chi connectivity index (χ0) is 45.2. The molecule has 0 aromatic heterocycles. The summed E-state index contributed by atoms with van der Waals surface area (Å²) in [6.07, 6.45) is 1.54. The number of nitrogens with two attached hydrogens (primary N) is 1. The lowest BCUT2D eigenvalue weighted by Gasteiger charge is -2.49. The molecule has 0 aliphatic carbocycles. The number of methoxy groups -OCH3 is 2. The summed E-state index contributed by atoms with van der Waals surface area (Å²) >= 11 is 0. The Kier molecular flexibility index (Phi) is 19.5. The van der Waals surface area contributed by atoms with Gasteiger partial charge in [0.15, 0.2) is 18.2 Å². The maximum atomic E-state index is 13.9. The summed E-state index contributed by atoms with van der Waals surface area (Å²) in [4.78, 5) is 25.3. The van der Waals surface area contributed by atoms with Gasteiger partial charge in [-0.25, -0.2) is 9.59 Å². The van der Waals surface area contributed by atoms with E-state index in [2.05, 4.69) is 0 Å². The lowest BCUT2D eigenvalue weighted by Crippen LogP contribution is -2.59. The van der Waals surface area contributed by atoms with E-state index < -0.39 is 103 Å². The van der Waals surface area contributed by atoms with Crippen molar-refractivity contribution in [3.63, 3.8) is 0 Å². The van der Waals surface area contributed by atoms with Gasteiger partial charge in [-0.2, -0.15) is 0 Å². The van der Waals surface area contributed by atoms with Crippen LogP contribution in [0.5, 0.6) is 0 Å². The van der Waals surface area contributed by atoms with E-state index in [4.69, 9.17) is 38.9 Å². The first-order chi connectivity index (χ1) is 28.1. The van der Waals surface area contributed by atoms with Crippen LogP contribution in [0.4, 0.5) is 4.79 Å². The van der Waals surface area contributed by atoms with Gasteiger partial charge in [-0.1, -0.05) is 89.1 Å². The van der Waals surface area contributed by atoms with Crippen molar-refractivity contribution in [3.8, 4) is 0 Å². The van der Waals surface area contributed by atoms with Gasteiger partial charge in [-0.3, -0.25) is 0 Å². The monoisotopic (exact) mass is 852 g/mol. The highest BCUT2D eigenvalue weighted by molar-refractivity contribution is 5.87. The van der Waals surface area contributed by atoms with Crippen molar-refractivity contribution in [1.82, 2.24) is 0 Å². The van der Waals surface area contributed by atoms with Gasteiger partial charge in [0, 0.05) is 49.5 Å². The maximum Gasteiger partial charge on any atom is 0.404 e. The van der Waals surface area contributed by atoms with Crippen molar-refractivity contribution in [2.45, 2.75) is 162 Å². The Morgan fingerprint density at radius 1 is 1.05 bits per heavy atom. The minimum Gasteiger partial charge on any atom is -0.490 e. The molecule has 60 heavy (non-hydrogen) atoms. The summed E-state index contributed by atoms with van der Waals surface area (Å²) < 4.78 is 41.3. The molecular formula is C45H73NO14. The number of hydrogen-bond donors (Lipinski definition) is 6. The van der Waals surface area contributed by atoms with Gasteiger partial charge in [0.05, 0.1) is 49.8 Å². The summed E-state index contributed by atoms with van der Waals surface area (Å²) in [6, 6.07) is 0. The fourth-order valence-corrected chi connectivity index (χ4v) is 8.64. The molecule has 1 amide bonds. The first-order valence-corrected chi connectivity index (χ1v) is 21.1. The summed E-state index contributed by atoms with van der Waals surface area (Å²) in [5, 5.41) is 57.6. The number of primary amides is 1. The van der Waals surface area contributed by atoms with Gasteiger partial charge >= 0.3 is 12.1 Å². The number of carbonyl (C=O) groups excluding carboxylic acids is 2. The molecule has 0 bridgehead atoms. The molecule has 7 N–H and O–H groups in total. The fourth-order valence-electron chi connectivity index (χ4n) is 8.64. The van der Waals surface area contributed by atoms with Crippen LogP contribution >= 0.6 is 0 Å². The summed E-state index contributed by atoms with van der Waals surface area (Å²) in [5.74, 6) is -6.06. The van der Waals surface area contributed by atoms with Gasteiger partial charge in [-0.15, -0.1) is 0 Å². The number of aliphatic hydroxyl groups excluding tert-OH is 4.